The van der Waals surface area contributed by atoms with Gasteiger partial charge in [-0.25, -0.2) is 14.2 Å². The van der Waals surface area contributed by atoms with Gasteiger partial charge in [0.15, 0.2) is 0 Å². The Hall–Kier alpha value is -6.30. The van der Waals surface area contributed by atoms with Gasteiger partial charge in [-0.1, -0.05) is 18.2 Å². The lowest BCUT2D eigenvalue weighted by Gasteiger charge is -2.19. The number of carboxylic acid groups (broad SMARTS) is 1. The minimum Gasteiger partial charge on any atom is -0.478 e. The summed E-state index contributed by atoms with van der Waals surface area (Å²) in [6.07, 6.45) is -0.0132. The van der Waals surface area contributed by atoms with E-state index in [0.29, 0.717) is 33.1 Å². The van der Waals surface area contributed by atoms with Crippen molar-refractivity contribution in [2.45, 2.75) is 19.4 Å². The normalized spacial score (nSPS) is 12.8. The molecule has 3 amide bonds. The number of carboxylic acids is 1. The highest BCUT2D eigenvalue weighted by Gasteiger charge is 2.33. The van der Waals surface area contributed by atoms with Crippen LogP contribution < -0.4 is 20.1 Å². The summed E-state index contributed by atoms with van der Waals surface area (Å²) in [4.78, 5) is 68.7. The Labute approximate surface area is 280 Å². The number of imide groups is 1. The number of aromatic carboxylic acids is 1. The third kappa shape index (κ3) is 6.48. The summed E-state index contributed by atoms with van der Waals surface area (Å²) in [7, 11) is 7.70. The fourth-order valence-corrected chi connectivity index (χ4v) is 5.63. The van der Waals surface area contributed by atoms with Crippen LogP contribution in [0.5, 0.6) is 0 Å². The molecule has 0 saturated carbocycles. The predicted molar refractivity (Wildman–Crippen MR) is 181 cm³/mol. The van der Waals surface area contributed by atoms with E-state index in [2.05, 4.69) is 5.32 Å². The zero-order valence-electron chi connectivity index (χ0n) is 27.3. The van der Waals surface area contributed by atoms with Gasteiger partial charge in [0.2, 0.25) is 5.36 Å². The molecule has 2 N–H and O–H groups in total. The van der Waals surface area contributed by atoms with Gasteiger partial charge in [-0.05, 0) is 53.6 Å². The summed E-state index contributed by atoms with van der Waals surface area (Å²) < 4.78 is 8.32. The second kappa shape index (κ2) is 13.1. The average Bonchev–Trinajstić information content (AvgIpc) is 3.40. The maximum atomic E-state index is 13.2. The van der Waals surface area contributed by atoms with Crippen LogP contribution in [0.3, 0.4) is 0 Å². The fraction of sp³-hybridized carbons (Fsp3) is 0.189. The van der Waals surface area contributed by atoms with Crippen molar-refractivity contribution in [3.63, 3.8) is 0 Å². The van der Waals surface area contributed by atoms with E-state index in [1.54, 1.807) is 24.3 Å². The molecule has 1 fully saturated rings. The summed E-state index contributed by atoms with van der Waals surface area (Å²) in [6, 6.07) is 22.2. The third-order valence-corrected chi connectivity index (χ3v) is 8.33. The highest BCUT2D eigenvalue weighted by Crippen LogP contribution is 2.42. The molecule has 2 aliphatic heterocycles. The fourth-order valence-electron chi connectivity index (χ4n) is 5.63. The molecule has 0 bridgehead atoms. The van der Waals surface area contributed by atoms with Crippen molar-refractivity contribution in [2.75, 3.05) is 33.1 Å². The molecule has 3 aromatic carbocycles. The maximum absolute atomic E-state index is 13.2. The summed E-state index contributed by atoms with van der Waals surface area (Å²) in [6.45, 7) is 0.0826. The van der Waals surface area contributed by atoms with Gasteiger partial charge in [-0.2, -0.15) is 0 Å². The van der Waals surface area contributed by atoms with Crippen molar-refractivity contribution in [2.24, 2.45) is 0 Å². The van der Waals surface area contributed by atoms with E-state index in [0.717, 1.165) is 22.0 Å². The second-order valence-corrected chi connectivity index (χ2v) is 12.0. The number of nitrogens with one attached hydrogen (secondary N) is 1. The summed E-state index contributed by atoms with van der Waals surface area (Å²) in [5.41, 5.74) is 4.20. The van der Waals surface area contributed by atoms with Crippen molar-refractivity contribution in [3.8, 4) is 22.5 Å². The number of rotatable bonds is 8. The molecular weight excluding hydrogens is 628 g/mol. The number of fused-ring (bicyclic) bond motifs is 2. The average molecular weight is 662 g/mol. The van der Waals surface area contributed by atoms with Gasteiger partial charge < -0.3 is 24.6 Å². The largest absolute Gasteiger partial charge is 0.478 e. The van der Waals surface area contributed by atoms with Gasteiger partial charge in [0.05, 0.1) is 17.2 Å². The van der Waals surface area contributed by atoms with Crippen LogP contribution in [-0.2, 0) is 21.0 Å². The van der Waals surface area contributed by atoms with Gasteiger partial charge in [0.1, 0.15) is 25.4 Å². The van der Waals surface area contributed by atoms with E-state index >= 15 is 0 Å². The molecule has 0 radical (unpaired) electrons. The van der Waals surface area contributed by atoms with Gasteiger partial charge in [0.25, 0.3) is 17.7 Å². The van der Waals surface area contributed by atoms with E-state index in [4.69, 9.17) is 9.25 Å². The minimum atomic E-state index is -1.19. The topological polar surface area (TPSA) is 149 Å². The quantitative estimate of drug-likeness (QED) is 0.142. The molecule has 6 rings (SSSR count). The summed E-state index contributed by atoms with van der Waals surface area (Å²) >= 11 is 0. The summed E-state index contributed by atoms with van der Waals surface area (Å²) in [5, 5.41) is 15.3. The SMILES string of the molecule is CN(C)c1ccc2c(-c3ccc(C(=O)NCc4ccc(C(=O)ON5C(=O)CCC5=O)cc4)cc3C(=O)O)c3ccc(=[N+](C)C)cc-3oc2c1. The molecule has 0 spiro atoms. The van der Waals surface area contributed by atoms with Crippen molar-refractivity contribution >= 4 is 46.3 Å². The highest BCUT2D eigenvalue weighted by molar-refractivity contribution is 6.09. The van der Waals surface area contributed by atoms with Crippen LogP contribution in [0.15, 0.2) is 83.3 Å². The molecule has 248 valence electrons. The van der Waals surface area contributed by atoms with Gasteiger partial charge in [-0.15, -0.1) is 5.06 Å². The molecule has 12 nitrogen and oxygen atoms in total. The molecule has 3 aromatic rings. The van der Waals surface area contributed by atoms with Crippen LogP contribution >= 0.6 is 0 Å². The lowest BCUT2D eigenvalue weighted by molar-refractivity contribution is -0.172. The number of hydroxylamine groups is 2. The van der Waals surface area contributed by atoms with E-state index in [1.165, 1.54) is 18.2 Å². The van der Waals surface area contributed by atoms with Crippen molar-refractivity contribution < 1.29 is 38.3 Å². The number of carbonyl (C=O) groups is 5. The van der Waals surface area contributed by atoms with Crippen LogP contribution in [-0.4, -0.2) is 68.0 Å². The molecule has 0 unspecified atom stereocenters. The van der Waals surface area contributed by atoms with E-state index in [9.17, 15) is 29.1 Å². The zero-order chi connectivity index (χ0) is 35.0. The molecule has 0 aromatic heterocycles. The second-order valence-electron chi connectivity index (χ2n) is 12.0. The number of anilines is 1. The van der Waals surface area contributed by atoms with E-state index < -0.39 is 29.7 Å². The van der Waals surface area contributed by atoms with Crippen LogP contribution in [0.4, 0.5) is 5.69 Å². The minimum absolute atomic E-state index is 0.00659. The molecule has 12 heteroatoms. The summed E-state index contributed by atoms with van der Waals surface area (Å²) in [5.74, 6) is -3.11. The zero-order valence-corrected chi connectivity index (χ0v) is 27.3. The number of hydrogen-bond acceptors (Lipinski definition) is 8. The monoisotopic (exact) mass is 661 g/mol. The molecule has 2 heterocycles. The first kappa shape index (κ1) is 32.6. The molecular formula is C37H33N4O8+. The number of carbonyl (C=O) groups excluding carboxylic acids is 4. The van der Waals surface area contributed by atoms with Crippen LogP contribution in [0, 0.1) is 0 Å². The van der Waals surface area contributed by atoms with Crippen LogP contribution in [0.1, 0.15) is 49.5 Å². The Bertz CT molecular complexity index is 2200. The van der Waals surface area contributed by atoms with Crippen LogP contribution in [0.2, 0.25) is 0 Å². The Morgan fingerprint density at radius 2 is 1.55 bits per heavy atom. The predicted octanol–water partition coefficient (Wildman–Crippen LogP) is 4.15. The van der Waals surface area contributed by atoms with Gasteiger partial charge >= 0.3 is 11.9 Å². The third-order valence-electron chi connectivity index (χ3n) is 8.33. The Kier molecular flexibility index (Phi) is 8.70. The van der Waals surface area contributed by atoms with E-state index in [1.807, 2.05) is 74.1 Å². The molecule has 1 saturated heterocycles. The number of nitrogens with zero attached hydrogens (tertiary/aromatic N) is 3. The van der Waals surface area contributed by atoms with Crippen LogP contribution in [0.25, 0.3) is 33.4 Å². The molecule has 49 heavy (non-hydrogen) atoms. The number of amides is 3. The van der Waals surface area contributed by atoms with Gasteiger partial charge in [-0.3, -0.25) is 14.4 Å². The number of hydrogen-bond donors (Lipinski definition) is 2. The Balaban J connectivity index is 1.28. The molecule has 1 aliphatic carbocycles. The lowest BCUT2D eigenvalue weighted by atomic mass is 9.89. The highest BCUT2D eigenvalue weighted by atomic mass is 16.7. The first-order valence-corrected chi connectivity index (χ1v) is 15.4. The lowest BCUT2D eigenvalue weighted by Crippen LogP contribution is -2.32. The standard InChI is InChI=1S/C37H32N4O8/c1-39(2)24-10-13-27-30(18-24)48-31-19-25(40(3)4)11-14-28(31)34(27)26-12-9-23(17-29(26)36(45)46)35(44)38-20-21-5-7-22(8-6-21)37(47)49-41-32(42)15-16-33(41)43/h5-14,17-19H,15-16,20H2,1-4H3,(H-,38,44,45,46)/p+1. The van der Waals surface area contributed by atoms with Crippen molar-refractivity contribution in [1.82, 2.24) is 15.0 Å². The first-order valence-electron chi connectivity index (χ1n) is 15.4. The smallest absolute Gasteiger partial charge is 0.363 e. The number of benzene rings is 4. The van der Waals surface area contributed by atoms with E-state index in [-0.39, 0.29) is 36.1 Å². The van der Waals surface area contributed by atoms with Gasteiger partial charge in [0, 0.05) is 73.4 Å². The Morgan fingerprint density at radius 3 is 2.20 bits per heavy atom. The molecule has 0 atom stereocenters. The van der Waals surface area contributed by atoms with Crippen molar-refractivity contribution in [3.05, 3.63) is 106 Å². The molecule has 3 aliphatic rings. The Morgan fingerprint density at radius 1 is 0.878 bits per heavy atom. The first-order chi connectivity index (χ1) is 23.4. The maximum Gasteiger partial charge on any atom is 0.363 e. The van der Waals surface area contributed by atoms with Crippen molar-refractivity contribution in [1.29, 1.82) is 0 Å².